The summed E-state index contributed by atoms with van der Waals surface area (Å²) >= 11 is 5.88. The molecule has 7 heteroatoms. The standard InChI is InChI=1S/C14H13ClO6/c15-8-4-5-9-7(6-8)2-1-3-10(9)14(11(16)17,12(18)19)13(20)21/h4-6,10H,1-3H2,(H,16,17)(H,18,19)(H,20,21). The molecule has 21 heavy (non-hydrogen) atoms. The molecule has 0 saturated heterocycles. The lowest BCUT2D eigenvalue weighted by atomic mass is 9.66. The SMILES string of the molecule is O=C(O)C(C(=O)O)(C(=O)O)C1CCCc2cc(Cl)ccc21. The number of aryl methyl sites for hydroxylation is 1. The van der Waals surface area contributed by atoms with Crippen LogP contribution in [0.4, 0.5) is 0 Å². The molecule has 0 bridgehead atoms. The largest absolute Gasteiger partial charge is 0.480 e. The van der Waals surface area contributed by atoms with Crippen molar-refractivity contribution in [3.05, 3.63) is 34.3 Å². The molecule has 1 aliphatic carbocycles. The van der Waals surface area contributed by atoms with E-state index in [1.807, 2.05) is 0 Å². The van der Waals surface area contributed by atoms with Gasteiger partial charge in [-0.1, -0.05) is 17.7 Å². The lowest BCUT2D eigenvalue weighted by molar-refractivity contribution is -0.178. The summed E-state index contributed by atoms with van der Waals surface area (Å²) in [6, 6.07) is 4.65. The lowest BCUT2D eigenvalue weighted by Gasteiger charge is -2.34. The van der Waals surface area contributed by atoms with E-state index >= 15 is 0 Å². The topological polar surface area (TPSA) is 112 Å². The Morgan fingerprint density at radius 2 is 1.67 bits per heavy atom. The predicted octanol–water partition coefficient (Wildman–Crippen LogP) is 2.00. The first-order valence-corrected chi connectivity index (χ1v) is 6.68. The molecule has 3 N–H and O–H groups in total. The first-order chi connectivity index (χ1) is 9.81. The number of hydrogen-bond acceptors (Lipinski definition) is 3. The van der Waals surface area contributed by atoms with Crippen molar-refractivity contribution >= 4 is 29.5 Å². The van der Waals surface area contributed by atoms with Gasteiger partial charge in [-0.15, -0.1) is 0 Å². The van der Waals surface area contributed by atoms with E-state index < -0.39 is 29.2 Å². The van der Waals surface area contributed by atoms with E-state index in [2.05, 4.69) is 0 Å². The van der Waals surface area contributed by atoms with Crippen LogP contribution in [0, 0.1) is 5.41 Å². The minimum absolute atomic E-state index is 0.180. The van der Waals surface area contributed by atoms with Gasteiger partial charge < -0.3 is 15.3 Å². The van der Waals surface area contributed by atoms with Crippen molar-refractivity contribution in [2.45, 2.75) is 25.2 Å². The maximum atomic E-state index is 11.5. The molecular formula is C14H13ClO6. The summed E-state index contributed by atoms with van der Waals surface area (Å²) in [6.45, 7) is 0. The zero-order valence-corrected chi connectivity index (χ0v) is 11.6. The van der Waals surface area contributed by atoms with E-state index in [9.17, 15) is 29.7 Å². The second-order valence-electron chi connectivity index (χ2n) is 5.01. The second-order valence-corrected chi connectivity index (χ2v) is 5.45. The van der Waals surface area contributed by atoms with E-state index in [4.69, 9.17) is 11.6 Å². The molecule has 2 rings (SSSR count). The fourth-order valence-corrected chi connectivity index (χ4v) is 3.15. The second kappa shape index (κ2) is 5.37. The first-order valence-electron chi connectivity index (χ1n) is 6.30. The molecule has 0 spiro atoms. The van der Waals surface area contributed by atoms with Crippen LogP contribution in [0.5, 0.6) is 0 Å². The molecule has 1 unspecified atom stereocenters. The highest BCUT2D eigenvalue weighted by molar-refractivity contribution is 6.30. The van der Waals surface area contributed by atoms with Gasteiger partial charge in [0.25, 0.3) is 5.41 Å². The van der Waals surface area contributed by atoms with Gasteiger partial charge in [-0.25, -0.2) is 0 Å². The van der Waals surface area contributed by atoms with Crippen molar-refractivity contribution < 1.29 is 29.7 Å². The summed E-state index contributed by atoms with van der Waals surface area (Å²) in [5.74, 6) is -6.73. The van der Waals surface area contributed by atoms with Crippen molar-refractivity contribution in [3.63, 3.8) is 0 Å². The van der Waals surface area contributed by atoms with Gasteiger partial charge in [0.2, 0.25) is 0 Å². The fraction of sp³-hybridized carbons (Fsp3) is 0.357. The number of aliphatic carboxylic acids is 3. The minimum Gasteiger partial charge on any atom is -0.480 e. The highest BCUT2D eigenvalue weighted by Gasteiger charge is 2.61. The Bertz CT molecular complexity index is 588. The average molecular weight is 313 g/mol. The van der Waals surface area contributed by atoms with Gasteiger partial charge in [0.05, 0.1) is 0 Å². The van der Waals surface area contributed by atoms with Crippen LogP contribution >= 0.6 is 11.6 Å². The fourth-order valence-electron chi connectivity index (χ4n) is 2.95. The molecule has 0 heterocycles. The van der Waals surface area contributed by atoms with E-state index in [-0.39, 0.29) is 6.42 Å². The van der Waals surface area contributed by atoms with Crippen LogP contribution < -0.4 is 0 Å². The molecule has 0 amide bonds. The van der Waals surface area contributed by atoms with Crippen molar-refractivity contribution in [1.29, 1.82) is 0 Å². The number of carboxylic acid groups (broad SMARTS) is 3. The van der Waals surface area contributed by atoms with Crippen LogP contribution in [0.15, 0.2) is 18.2 Å². The smallest absolute Gasteiger partial charge is 0.333 e. The van der Waals surface area contributed by atoms with Gasteiger partial charge in [-0.3, -0.25) is 14.4 Å². The monoisotopic (exact) mass is 312 g/mol. The molecule has 0 saturated carbocycles. The molecule has 1 aromatic rings. The molecule has 112 valence electrons. The molecule has 0 aromatic heterocycles. The highest BCUT2D eigenvalue weighted by atomic mass is 35.5. The molecule has 1 atom stereocenters. The van der Waals surface area contributed by atoms with Crippen molar-refractivity contribution in [3.8, 4) is 0 Å². The Labute approximate surface area is 125 Å². The van der Waals surface area contributed by atoms with Gasteiger partial charge in [0.15, 0.2) is 0 Å². The summed E-state index contributed by atoms with van der Waals surface area (Å²) in [6.07, 6.45) is 1.30. The average Bonchev–Trinajstić information content (AvgIpc) is 2.37. The van der Waals surface area contributed by atoms with Crippen LogP contribution in [0.1, 0.15) is 29.9 Å². The number of benzene rings is 1. The zero-order chi connectivity index (χ0) is 15.8. The Morgan fingerprint density at radius 1 is 1.10 bits per heavy atom. The Morgan fingerprint density at radius 3 is 2.19 bits per heavy atom. The van der Waals surface area contributed by atoms with E-state index in [0.717, 1.165) is 0 Å². The lowest BCUT2D eigenvalue weighted by Crippen LogP contribution is -2.51. The number of carboxylic acids is 3. The Balaban J connectivity index is 2.67. The summed E-state index contributed by atoms with van der Waals surface area (Å²) in [5.41, 5.74) is -1.76. The number of halogens is 1. The highest BCUT2D eigenvalue weighted by Crippen LogP contribution is 2.45. The van der Waals surface area contributed by atoms with Crippen LogP contribution in [0.2, 0.25) is 5.02 Å². The molecule has 6 nitrogen and oxygen atoms in total. The molecule has 0 fully saturated rings. The molecule has 1 aromatic carbocycles. The maximum absolute atomic E-state index is 11.5. The number of rotatable bonds is 4. The van der Waals surface area contributed by atoms with Crippen molar-refractivity contribution in [2.24, 2.45) is 5.41 Å². The van der Waals surface area contributed by atoms with Crippen LogP contribution in [0.25, 0.3) is 0 Å². The third-order valence-corrected chi connectivity index (χ3v) is 4.19. The predicted molar refractivity (Wildman–Crippen MR) is 72.5 cm³/mol. The number of fused-ring (bicyclic) bond motifs is 1. The molecule has 0 radical (unpaired) electrons. The summed E-state index contributed by atoms with van der Waals surface area (Å²) in [7, 11) is 0. The number of hydrogen-bond donors (Lipinski definition) is 3. The quantitative estimate of drug-likeness (QED) is 0.733. The van der Waals surface area contributed by atoms with E-state index in [1.165, 1.54) is 12.1 Å². The van der Waals surface area contributed by atoms with E-state index in [1.54, 1.807) is 6.07 Å². The van der Waals surface area contributed by atoms with Crippen molar-refractivity contribution in [2.75, 3.05) is 0 Å². The number of carbonyl (C=O) groups is 3. The summed E-state index contributed by atoms with van der Waals surface area (Å²) < 4.78 is 0. The van der Waals surface area contributed by atoms with Gasteiger partial charge >= 0.3 is 17.9 Å². The van der Waals surface area contributed by atoms with Gasteiger partial charge in [-0.05, 0) is 42.5 Å². The summed E-state index contributed by atoms with van der Waals surface area (Å²) in [5, 5.41) is 28.4. The normalized spacial score (nSPS) is 17.9. The Kier molecular flexibility index (Phi) is 3.91. The molecule has 0 aliphatic heterocycles. The third-order valence-electron chi connectivity index (χ3n) is 3.95. The minimum atomic E-state index is -2.89. The van der Waals surface area contributed by atoms with Crippen LogP contribution in [-0.4, -0.2) is 33.2 Å². The van der Waals surface area contributed by atoms with Crippen LogP contribution in [-0.2, 0) is 20.8 Å². The summed E-state index contributed by atoms with van der Waals surface area (Å²) in [4.78, 5) is 34.5. The van der Waals surface area contributed by atoms with Crippen molar-refractivity contribution in [1.82, 2.24) is 0 Å². The third kappa shape index (κ3) is 2.25. The molecule has 1 aliphatic rings. The first kappa shape index (κ1) is 15.3. The van der Waals surface area contributed by atoms with Crippen LogP contribution in [0.3, 0.4) is 0 Å². The maximum Gasteiger partial charge on any atom is 0.333 e. The van der Waals surface area contributed by atoms with Gasteiger partial charge in [-0.2, -0.15) is 0 Å². The Hall–Kier alpha value is -2.08. The molecular weight excluding hydrogens is 300 g/mol. The van der Waals surface area contributed by atoms with Gasteiger partial charge in [0, 0.05) is 10.9 Å². The van der Waals surface area contributed by atoms with Gasteiger partial charge in [0.1, 0.15) is 0 Å². The van der Waals surface area contributed by atoms with E-state index in [0.29, 0.717) is 29.0 Å². The zero-order valence-electron chi connectivity index (χ0n) is 10.9.